The van der Waals surface area contributed by atoms with Crippen LogP contribution in [0.3, 0.4) is 0 Å². The number of aromatic carboxylic acids is 1. The van der Waals surface area contributed by atoms with Crippen molar-refractivity contribution in [1.82, 2.24) is 0 Å². The molecule has 6 heteroatoms. The van der Waals surface area contributed by atoms with Gasteiger partial charge >= 0.3 is 5.97 Å². The van der Waals surface area contributed by atoms with Gasteiger partial charge in [0.1, 0.15) is 0 Å². The number of benzene rings is 2. The highest BCUT2D eigenvalue weighted by Crippen LogP contribution is 2.37. The third-order valence-electron chi connectivity index (χ3n) is 4.17. The largest absolute Gasteiger partial charge is 0.478 e. The summed E-state index contributed by atoms with van der Waals surface area (Å²) >= 11 is 0. The molecule has 0 aliphatic carbocycles. The first-order chi connectivity index (χ1) is 10.9. The molecule has 0 saturated carbocycles. The molecule has 0 amide bonds. The number of hydrogen-bond donors (Lipinski definition) is 1. The lowest BCUT2D eigenvalue weighted by atomic mass is 9.93. The third kappa shape index (κ3) is 2.70. The average molecular weight is 331 g/mol. The number of hydrogen-bond acceptors (Lipinski definition) is 3. The van der Waals surface area contributed by atoms with E-state index in [1.165, 1.54) is 28.6 Å². The minimum absolute atomic E-state index is 0.00163. The first kappa shape index (κ1) is 15.6. The molecule has 0 radical (unpaired) electrons. The number of carboxylic acids is 1. The Morgan fingerprint density at radius 2 is 1.91 bits per heavy atom. The van der Waals surface area contributed by atoms with Crippen molar-refractivity contribution >= 4 is 21.7 Å². The second kappa shape index (κ2) is 5.70. The quantitative estimate of drug-likeness (QED) is 0.938. The molecule has 1 unspecified atom stereocenters. The Hall–Kier alpha value is -2.34. The van der Waals surface area contributed by atoms with Crippen LogP contribution in [0, 0.1) is 0 Å². The van der Waals surface area contributed by atoms with E-state index in [9.17, 15) is 13.2 Å². The van der Waals surface area contributed by atoms with Crippen molar-refractivity contribution in [3.8, 4) is 0 Å². The zero-order chi connectivity index (χ0) is 16.6. The van der Waals surface area contributed by atoms with Crippen LogP contribution in [0.4, 0.5) is 5.69 Å². The van der Waals surface area contributed by atoms with E-state index in [0.29, 0.717) is 18.2 Å². The highest BCUT2D eigenvalue weighted by atomic mass is 32.2. The number of carboxylic acid groups (broad SMARTS) is 1. The second-order valence-electron chi connectivity index (χ2n) is 5.66. The molecule has 0 spiro atoms. The second-order valence-corrected chi connectivity index (χ2v) is 7.52. The monoisotopic (exact) mass is 331 g/mol. The first-order valence-electron chi connectivity index (χ1n) is 7.36. The Morgan fingerprint density at radius 1 is 1.17 bits per heavy atom. The summed E-state index contributed by atoms with van der Waals surface area (Å²) in [6.07, 6.45) is 0.731. The Kier molecular flexibility index (Phi) is 3.85. The number of nitrogens with zero attached hydrogens (tertiary/aromatic N) is 1. The molecule has 1 atom stereocenters. The van der Waals surface area contributed by atoms with E-state index in [1.807, 2.05) is 18.2 Å². The van der Waals surface area contributed by atoms with E-state index in [-0.39, 0.29) is 10.5 Å². The van der Waals surface area contributed by atoms with Gasteiger partial charge in [0.2, 0.25) is 0 Å². The van der Waals surface area contributed by atoms with Crippen molar-refractivity contribution in [1.29, 1.82) is 0 Å². The lowest BCUT2D eigenvalue weighted by molar-refractivity contribution is 0.0696. The summed E-state index contributed by atoms with van der Waals surface area (Å²) in [6, 6.07) is 12.9. The van der Waals surface area contributed by atoms with Crippen LogP contribution in [0.2, 0.25) is 0 Å². The fourth-order valence-corrected chi connectivity index (χ4v) is 4.44. The Morgan fingerprint density at radius 3 is 2.65 bits per heavy atom. The van der Waals surface area contributed by atoms with Gasteiger partial charge in [-0.15, -0.1) is 0 Å². The summed E-state index contributed by atoms with van der Waals surface area (Å²) < 4.78 is 27.3. The Bertz CT molecular complexity index is 860. The predicted octanol–water partition coefficient (Wildman–Crippen LogP) is 3.09. The van der Waals surface area contributed by atoms with Gasteiger partial charge in [0.05, 0.1) is 16.1 Å². The SMILES string of the molecule is CC1CCN(S(=O)(=O)c2cccc(C(=O)O)c2)c2ccccc21. The zero-order valence-corrected chi connectivity index (χ0v) is 13.5. The number of rotatable bonds is 3. The lowest BCUT2D eigenvalue weighted by Gasteiger charge is -2.33. The van der Waals surface area contributed by atoms with Crippen molar-refractivity contribution in [2.45, 2.75) is 24.2 Å². The number of anilines is 1. The van der Waals surface area contributed by atoms with Gasteiger partial charge in [0, 0.05) is 6.54 Å². The van der Waals surface area contributed by atoms with Crippen LogP contribution >= 0.6 is 0 Å². The molecule has 0 saturated heterocycles. The van der Waals surface area contributed by atoms with E-state index in [4.69, 9.17) is 5.11 Å². The highest BCUT2D eigenvalue weighted by Gasteiger charge is 2.31. The summed E-state index contributed by atoms with van der Waals surface area (Å²) in [7, 11) is -3.78. The molecule has 120 valence electrons. The molecule has 5 nitrogen and oxygen atoms in total. The molecule has 0 aromatic heterocycles. The molecule has 2 aromatic rings. The maximum atomic E-state index is 13.0. The van der Waals surface area contributed by atoms with Gasteiger partial charge in [-0.25, -0.2) is 13.2 Å². The number of carbonyl (C=O) groups is 1. The molecular weight excluding hydrogens is 314 g/mol. The fraction of sp³-hybridized carbons (Fsp3) is 0.235. The molecule has 1 heterocycles. The predicted molar refractivity (Wildman–Crippen MR) is 87.4 cm³/mol. The molecule has 23 heavy (non-hydrogen) atoms. The van der Waals surface area contributed by atoms with Gasteiger partial charge in [0.25, 0.3) is 10.0 Å². The van der Waals surface area contributed by atoms with Crippen LogP contribution in [-0.4, -0.2) is 26.0 Å². The van der Waals surface area contributed by atoms with Gasteiger partial charge in [-0.2, -0.15) is 0 Å². The average Bonchev–Trinajstić information content (AvgIpc) is 2.55. The summed E-state index contributed by atoms with van der Waals surface area (Å²) in [5, 5.41) is 9.07. The third-order valence-corrected chi connectivity index (χ3v) is 5.98. The zero-order valence-electron chi connectivity index (χ0n) is 12.6. The van der Waals surface area contributed by atoms with Crippen LogP contribution in [0.5, 0.6) is 0 Å². The molecule has 0 bridgehead atoms. The fourth-order valence-electron chi connectivity index (χ4n) is 2.88. The molecule has 0 fully saturated rings. The highest BCUT2D eigenvalue weighted by molar-refractivity contribution is 7.92. The Labute approximate surface area is 135 Å². The molecule has 1 aliphatic rings. The molecule has 1 N–H and O–H groups in total. The van der Waals surface area contributed by atoms with Gasteiger partial charge in [-0.1, -0.05) is 31.2 Å². The van der Waals surface area contributed by atoms with Crippen LogP contribution in [-0.2, 0) is 10.0 Å². The maximum Gasteiger partial charge on any atom is 0.335 e. The van der Waals surface area contributed by atoms with Crippen molar-refractivity contribution in [2.24, 2.45) is 0 Å². The molecule has 2 aromatic carbocycles. The van der Waals surface area contributed by atoms with Gasteiger partial charge in [0.15, 0.2) is 0 Å². The summed E-state index contributed by atoms with van der Waals surface area (Å²) in [5.41, 5.74) is 1.63. The number of sulfonamides is 1. The number of para-hydroxylation sites is 1. The number of fused-ring (bicyclic) bond motifs is 1. The van der Waals surface area contributed by atoms with Crippen LogP contribution in [0.15, 0.2) is 53.4 Å². The Balaban J connectivity index is 2.09. The van der Waals surface area contributed by atoms with Gasteiger partial charge in [-0.3, -0.25) is 4.31 Å². The normalized spacial score (nSPS) is 17.6. The summed E-state index contributed by atoms with van der Waals surface area (Å²) in [5.74, 6) is -0.849. The smallest absolute Gasteiger partial charge is 0.335 e. The van der Waals surface area contributed by atoms with E-state index in [2.05, 4.69) is 6.92 Å². The molecule has 1 aliphatic heterocycles. The van der Waals surface area contributed by atoms with E-state index in [0.717, 1.165) is 12.0 Å². The van der Waals surface area contributed by atoms with Gasteiger partial charge in [-0.05, 0) is 42.2 Å². The van der Waals surface area contributed by atoms with Crippen LogP contribution in [0.1, 0.15) is 35.2 Å². The minimum atomic E-state index is -3.78. The molecular formula is C17H17NO4S. The summed E-state index contributed by atoms with van der Waals surface area (Å²) in [6.45, 7) is 2.46. The van der Waals surface area contributed by atoms with Crippen LogP contribution in [0.25, 0.3) is 0 Å². The first-order valence-corrected chi connectivity index (χ1v) is 8.80. The van der Waals surface area contributed by atoms with Crippen molar-refractivity contribution in [3.63, 3.8) is 0 Å². The topological polar surface area (TPSA) is 74.7 Å². The maximum absolute atomic E-state index is 13.0. The van der Waals surface area contributed by atoms with Gasteiger partial charge < -0.3 is 5.11 Å². The molecule has 3 rings (SSSR count). The van der Waals surface area contributed by atoms with E-state index < -0.39 is 16.0 Å². The van der Waals surface area contributed by atoms with Crippen molar-refractivity contribution < 1.29 is 18.3 Å². The van der Waals surface area contributed by atoms with E-state index in [1.54, 1.807) is 6.07 Å². The summed E-state index contributed by atoms with van der Waals surface area (Å²) in [4.78, 5) is 11.1. The lowest BCUT2D eigenvalue weighted by Crippen LogP contribution is -2.36. The van der Waals surface area contributed by atoms with E-state index >= 15 is 0 Å². The van der Waals surface area contributed by atoms with Crippen molar-refractivity contribution in [3.05, 3.63) is 59.7 Å². The van der Waals surface area contributed by atoms with Crippen LogP contribution < -0.4 is 4.31 Å². The standard InChI is InChI=1S/C17H17NO4S/c1-12-9-10-18(16-8-3-2-7-15(12)16)23(21,22)14-6-4-5-13(11-14)17(19)20/h2-8,11-12H,9-10H2,1H3,(H,19,20). The van der Waals surface area contributed by atoms with Crippen molar-refractivity contribution in [2.75, 3.05) is 10.8 Å². The minimum Gasteiger partial charge on any atom is -0.478 e.